The van der Waals surface area contributed by atoms with Gasteiger partial charge in [0.15, 0.2) is 0 Å². The second kappa shape index (κ2) is 11.9. The third-order valence-electron chi connectivity index (χ3n) is 6.19. The molecular formula is C32H30N2O4. The normalized spacial score (nSPS) is 10.8. The summed E-state index contributed by atoms with van der Waals surface area (Å²) < 4.78 is 4.68. The summed E-state index contributed by atoms with van der Waals surface area (Å²) in [6, 6.07) is 30.2. The molecule has 0 unspecified atom stereocenters. The first-order valence-electron chi connectivity index (χ1n) is 12.2. The van der Waals surface area contributed by atoms with Crippen molar-refractivity contribution in [2.24, 2.45) is 0 Å². The Labute approximate surface area is 223 Å². The molecule has 0 atom stereocenters. The van der Waals surface area contributed by atoms with Crippen molar-refractivity contribution in [2.45, 2.75) is 6.54 Å². The van der Waals surface area contributed by atoms with Gasteiger partial charge in [-0.3, -0.25) is 4.79 Å². The van der Waals surface area contributed by atoms with Gasteiger partial charge in [0.1, 0.15) is 5.75 Å². The number of ether oxygens (including phenoxy) is 1. The first-order chi connectivity index (χ1) is 18.4. The Morgan fingerprint density at radius 2 is 1.47 bits per heavy atom. The largest absolute Gasteiger partial charge is 0.507 e. The number of amides is 1. The predicted octanol–water partition coefficient (Wildman–Crippen LogP) is 6.16. The molecule has 0 heterocycles. The van der Waals surface area contributed by atoms with Crippen molar-refractivity contribution >= 4 is 29.3 Å². The van der Waals surface area contributed by atoms with Gasteiger partial charge in [-0.25, -0.2) is 4.79 Å². The third kappa shape index (κ3) is 6.28. The molecule has 1 N–H and O–H groups in total. The predicted molar refractivity (Wildman–Crippen MR) is 152 cm³/mol. The molecule has 0 bridgehead atoms. The van der Waals surface area contributed by atoms with Crippen LogP contribution < -0.4 is 9.80 Å². The molecule has 0 aliphatic rings. The molecule has 0 aliphatic carbocycles. The van der Waals surface area contributed by atoms with Gasteiger partial charge in [0.2, 0.25) is 0 Å². The second-order valence-corrected chi connectivity index (χ2v) is 9.00. The SMILES string of the molecule is COC(=O)/C=C/c1cccc(N(Cc2ccc(-c3ccc(N(C)C)cc3)cc2)C(=O)c2ccccc2O)c1. The van der Waals surface area contributed by atoms with E-state index in [2.05, 4.69) is 33.9 Å². The fourth-order valence-electron chi connectivity index (χ4n) is 4.05. The highest BCUT2D eigenvalue weighted by Gasteiger charge is 2.21. The molecule has 4 rings (SSSR count). The molecule has 0 saturated heterocycles. The summed E-state index contributed by atoms with van der Waals surface area (Å²) in [5.41, 5.74) is 5.82. The third-order valence-corrected chi connectivity index (χ3v) is 6.19. The van der Waals surface area contributed by atoms with E-state index in [-0.39, 0.29) is 23.8 Å². The van der Waals surface area contributed by atoms with Crippen molar-refractivity contribution in [2.75, 3.05) is 31.0 Å². The standard InChI is InChI=1S/C32H30N2O4/c1-33(2)27-18-16-26(17-19-27)25-14-11-24(12-15-25)22-34(32(37)29-9-4-5-10-30(29)35)28-8-6-7-23(21-28)13-20-31(36)38-3/h4-21,35H,22H2,1-3H3/b20-13+. The van der Waals surface area contributed by atoms with Crippen LogP contribution in [0.5, 0.6) is 5.75 Å². The molecule has 0 spiro atoms. The Morgan fingerprint density at radius 1 is 0.816 bits per heavy atom. The highest BCUT2D eigenvalue weighted by atomic mass is 16.5. The Kier molecular flexibility index (Phi) is 8.23. The summed E-state index contributed by atoms with van der Waals surface area (Å²) in [5, 5.41) is 10.4. The van der Waals surface area contributed by atoms with Crippen molar-refractivity contribution < 1.29 is 19.4 Å². The van der Waals surface area contributed by atoms with E-state index in [1.54, 1.807) is 29.2 Å². The Bertz CT molecular complexity index is 1440. The number of para-hydroxylation sites is 1. The van der Waals surface area contributed by atoms with Gasteiger partial charge in [-0.05, 0) is 64.7 Å². The molecular weight excluding hydrogens is 476 g/mol. The number of rotatable bonds is 8. The summed E-state index contributed by atoms with van der Waals surface area (Å²) in [4.78, 5) is 28.9. The fourth-order valence-corrected chi connectivity index (χ4v) is 4.05. The van der Waals surface area contributed by atoms with Crippen LogP contribution in [0.4, 0.5) is 11.4 Å². The van der Waals surface area contributed by atoms with Gasteiger partial charge in [-0.2, -0.15) is 0 Å². The average molecular weight is 507 g/mol. The smallest absolute Gasteiger partial charge is 0.330 e. The van der Waals surface area contributed by atoms with Crippen LogP contribution in [0.25, 0.3) is 17.2 Å². The van der Waals surface area contributed by atoms with Crippen LogP contribution in [0.15, 0.2) is 103 Å². The van der Waals surface area contributed by atoms with Crippen molar-refractivity contribution in [1.29, 1.82) is 0 Å². The van der Waals surface area contributed by atoms with Gasteiger partial charge in [0, 0.05) is 31.5 Å². The maximum atomic E-state index is 13.6. The number of hydrogen-bond acceptors (Lipinski definition) is 5. The molecule has 6 heteroatoms. The van der Waals surface area contributed by atoms with Crippen LogP contribution in [-0.2, 0) is 16.1 Å². The number of hydrogen-bond donors (Lipinski definition) is 1. The van der Waals surface area contributed by atoms with Crippen molar-refractivity contribution in [3.8, 4) is 16.9 Å². The number of carbonyl (C=O) groups is 2. The van der Waals surface area contributed by atoms with Gasteiger partial charge in [0.05, 0.1) is 19.2 Å². The number of phenols is 1. The van der Waals surface area contributed by atoms with Crippen molar-refractivity contribution in [3.63, 3.8) is 0 Å². The van der Waals surface area contributed by atoms with E-state index >= 15 is 0 Å². The van der Waals surface area contributed by atoms with Gasteiger partial charge in [-0.1, -0.05) is 60.7 Å². The minimum atomic E-state index is -0.464. The first kappa shape index (κ1) is 26.2. The van der Waals surface area contributed by atoms with E-state index in [4.69, 9.17) is 0 Å². The maximum absolute atomic E-state index is 13.6. The number of aromatic hydroxyl groups is 1. The van der Waals surface area contributed by atoms with Crippen molar-refractivity contribution in [1.82, 2.24) is 0 Å². The monoisotopic (exact) mass is 506 g/mol. The van der Waals surface area contributed by atoms with Crippen molar-refractivity contribution in [3.05, 3.63) is 120 Å². The number of carbonyl (C=O) groups excluding carboxylic acids is 2. The maximum Gasteiger partial charge on any atom is 0.330 e. The van der Waals surface area contributed by atoms with Crippen LogP contribution in [0.1, 0.15) is 21.5 Å². The zero-order valence-electron chi connectivity index (χ0n) is 21.7. The molecule has 1 amide bonds. The Morgan fingerprint density at radius 3 is 2.11 bits per heavy atom. The summed E-state index contributed by atoms with van der Waals surface area (Å²) in [6.45, 7) is 0.289. The lowest BCUT2D eigenvalue weighted by Crippen LogP contribution is -2.30. The summed E-state index contributed by atoms with van der Waals surface area (Å²) in [5.74, 6) is -0.879. The lowest BCUT2D eigenvalue weighted by Gasteiger charge is -2.24. The minimum absolute atomic E-state index is 0.0826. The van der Waals surface area contributed by atoms with E-state index in [9.17, 15) is 14.7 Å². The summed E-state index contributed by atoms with van der Waals surface area (Å²) in [6.07, 6.45) is 2.96. The summed E-state index contributed by atoms with van der Waals surface area (Å²) in [7, 11) is 5.34. The molecule has 6 nitrogen and oxygen atoms in total. The molecule has 0 radical (unpaired) electrons. The molecule has 4 aromatic carbocycles. The van der Waals surface area contributed by atoms with Crippen LogP contribution in [0.2, 0.25) is 0 Å². The number of methoxy groups -OCH3 is 1. The van der Waals surface area contributed by atoms with Crippen LogP contribution >= 0.6 is 0 Å². The molecule has 192 valence electrons. The molecule has 4 aromatic rings. The van der Waals surface area contributed by atoms with Crippen LogP contribution in [0, 0.1) is 0 Å². The van der Waals surface area contributed by atoms with E-state index < -0.39 is 5.97 Å². The highest BCUT2D eigenvalue weighted by Crippen LogP contribution is 2.27. The quantitative estimate of drug-likeness (QED) is 0.229. The van der Waals surface area contributed by atoms with E-state index in [1.165, 1.54) is 19.3 Å². The number of esters is 1. The second-order valence-electron chi connectivity index (χ2n) is 9.00. The number of anilines is 2. The van der Waals surface area contributed by atoms with Crippen LogP contribution in [0.3, 0.4) is 0 Å². The molecule has 0 aromatic heterocycles. The lowest BCUT2D eigenvalue weighted by molar-refractivity contribution is -0.134. The molecule has 38 heavy (non-hydrogen) atoms. The average Bonchev–Trinajstić information content (AvgIpc) is 2.95. The lowest BCUT2D eigenvalue weighted by atomic mass is 10.0. The summed E-state index contributed by atoms with van der Waals surface area (Å²) >= 11 is 0. The molecule has 0 aliphatic heterocycles. The fraction of sp³-hybridized carbons (Fsp3) is 0.125. The van der Waals surface area contributed by atoms with Gasteiger partial charge in [-0.15, -0.1) is 0 Å². The minimum Gasteiger partial charge on any atom is -0.507 e. The zero-order chi connectivity index (χ0) is 27.1. The van der Waals surface area contributed by atoms with Gasteiger partial charge >= 0.3 is 5.97 Å². The highest BCUT2D eigenvalue weighted by molar-refractivity contribution is 6.07. The van der Waals surface area contributed by atoms with E-state index in [0.29, 0.717) is 5.69 Å². The molecule has 0 saturated carbocycles. The molecule has 0 fully saturated rings. The van der Waals surface area contributed by atoms with E-state index in [1.807, 2.05) is 62.6 Å². The van der Waals surface area contributed by atoms with E-state index in [0.717, 1.165) is 27.9 Å². The number of nitrogens with zero attached hydrogens (tertiary/aromatic N) is 2. The Hall–Kier alpha value is -4.84. The van der Waals surface area contributed by atoms with Gasteiger partial charge < -0.3 is 19.6 Å². The Balaban J connectivity index is 1.65. The number of benzene rings is 4. The van der Waals surface area contributed by atoms with Crippen LogP contribution in [-0.4, -0.2) is 38.2 Å². The first-order valence-corrected chi connectivity index (χ1v) is 12.2. The number of phenolic OH excluding ortho intramolecular Hbond substituents is 1. The van der Waals surface area contributed by atoms with Gasteiger partial charge in [0.25, 0.3) is 5.91 Å². The zero-order valence-corrected chi connectivity index (χ0v) is 21.7. The topological polar surface area (TPSA) is 70.1 Å².